The highest BCUT2D eigenvalue weighted by molar-refractivity contribution is 7.14. The van der Waals surface area contributed by atoms with Crippen molar-refractivity contribution >= 4 is 51.0 Å². The molecular weight excluding hydrogens is 502 g/mol. The van der Waals surface area contributed by atoms with Crippen molar-refractivity contribution in [2.75, 3.05) is 37.3 Å². The fourth-order valence-corrected chi connectivity index (χ4v) is 6.57. The Morgan fingerprint density at radius 1 is 1.14 bits per heavy atom. The average molecular weight is 534 g/mol. The highest BCUT2D eigenvalue weighted by atomic mass is 35.5. The Morgan fingerprint density at radius 3 is 2.70 bits per heavy atom. The number of nitrogens with two attached hydrogens (primary N) is 1. The van der Waals surface area contributed by atoms with Crippen molar-refractivity contribution in [3.05, 3.63) is 81.4 Å². The van der Waals surface area contributed by atoms with Crippen LogP contribution in [0.3, 0.4) is 0 Å². The van der Waals surface area contributed by atoms with Gasteiger partial charge in [0, 0.05) is 67.1 Å². The van der Waals surface area contributed by atoms with Gasteiger partial charge in [-0.15, -0.1) is 11.3 Å². The number of anilines is 2. The number of hydrogen-bond acceptors (Lipinski definition) is 7. The summed E-state index contributed by atoms with van der Waals surface area (Å²) in [7, 11) is 2.15. The molecule has 6 nitrogen and oxygen atoms in total. The number of nitrogens with zero attached hydrogens (tertiary/aromatic N) is 4. The summed E-state index contributed by atoms with van der Waals surface area (Å²) in [5.74, 6) is 1.33. The highest BCUT2D eigenvalue weighted by Gasteiger charge is 2.22. The summed E-state index contributed by atoms with van der Waals surface area (Å²) in [6, 6.07) is 14.1. The van der Waals surface area contributed by atoms with E-state index < -0.39 is 0 Å². The maximum absolute atomic E-state index is 13.0. The average Bonchev–Trinajstić information content (AvgIpc) is 3.28. The number of piperidine rings is 1. The molecular formula is C29H32ClN5OS. The molecule has 1 aliphatic heterocycles. The van der Waals surface area contributed by atoms with E-state index in [9.17, 15) is 4.79 Å². The molecule has 4 heterocycles. The van der Waals surface area contributed by atoms with Crippen LogP contribution < -0.4 is 10.6 Å². The molecule has 0 unspecified atom stereocenters. The first-order chi connectivity index (χ1) is 18.0. The number of fused-ring (bicyclic) bond motifs is 1. The zero-order valence-electron chi connectivity index (χ0n) is 21.1. The van der Waals surface area contributed by atoms with Gasteiger partial charge in [0.05, 0.1) is 9.90 Å². The standard InChI is InChI=1S/C29H32ClN5OS/c1-34(18-21-9-14-35(15-10-21)23-7-11-32-12-8-23)19-28-25(30)17-27(37-28)26(36)5-3-20-2-4-24-22(16-20)6-13-33-29(24)31/h2,4,6-8,11-13,16-17,21H,3,5,9-10,14-15,18-19H2,1H3,(H2,31,33). The number of aromatic nitrogens is 2. The first kappa shape index (κ1) is 25.6. The third kappa shape index (κ3) is 6.29. The van der Waals surface area contributed by atoms with E-state index in [1.54, 1.807) is 6.20 Å². The number of thiophene rings is 1. The summed E-state index contributed by atoms with van der Waals surface area (Å²) >= 11 is 8.10. The number of carbonyl (C=O) groups excluding carboxylic acids is 1. The molecule has 8 heteroatoms. The summed E-state index contributed by atoms with van der Waals surface area (Å²) in [4.78, 5) is 27.8. The number of ketones is 1. The molecule has 1 aliphatic rings. The maximum Gasteiger partial charge on any atom is 0.173 e. The molecule has 0 amide bonds. The molecule has 0 bridgehead atoms. The predicted molar refractivity (Wildman–Crippen MR) is 154 cm³/mol. The summed E-state index contributed by atoms with van der Waals surface area (Å²) in [6.07, 6.45) is 8.91. The Labute approximate surface area is 227 Å². The monoisotopic (exact) mass is 533 g/mol. The second kappa shape index (κ2) is 11.6. The molecule has 0 radical (unpaired) electrons. The first-order valence-electron chi connectivity index (χ1n) is 12.7. The predicted octanol–water partition coefficient (Wildman–Crippen LogP) is 6.09. The van der Waals surface area contributed by atoms with Crippen LogP contribution in [-0.2, 0) is 13.0 Å². The highest BCUT2D eigenvalue weighted by Crippen LogP contribution is 2.31. The minimum atomic E-state index is 0.138. The fraction of sp³-hybridized carbons (Fsp3) is 0.345. The lowest BCUT2D eigenvalue weighted by Crippen LogP contribution is -2.37. The van der Waals surface area contributed by atoms with Crippen LogP contribution in [0.1, 0.15) is 39.4 Å². The van der Waals surface area contributed by atoms with Gasteiger partial charge in [-0.2, -0.15) is 0 Å². The van der Waals surface area contributed by atoms with Crippen molar-refractivity contribution in [3.8, 4) is 0 Å². The Hall–Kier alpha value is -3.00. The lowest BCUT2D eigenvalue weighted by Gasteiger charge is -2.35. The lowest BCUT2D eigenvalue weighted by atomic mass is 9.96. The quantitative estimate of drug-likeness (QED) is 0.262. The summed E-state index contributed by atoms with van der Waals surface area (Å²) in [5, 5.41) is 2.68. The second-order valence-electron chi connectivity index (χ2n) is 9.89. The van der Waals surface area contributed by atoms with Crippen molar-refractivity contribution in [1.29, 1.82) is 0 Å². The first-order valence-corrected chi connectivity index (χ1v) is 13.9. The molecule has 2 N–H and O–H groups in total. The van der Waals surface area contributed by atoms with E-state index in [4.69, 9.17) is 17.3 Å². The van der Waals surface area contributed by atoms with Gasteiger partial charge < -0.3 is 15.5 Å². The molecule has 1 saturated heterocycles. The van der Waals surface area contributed by atoms with Gasteiger partial charge in [0.25, 0.3) is 0 Å². The number of aryl methyl sites for hydroxylation is 1. The summed E-state index contributed by atoms with van der Waals surface area (Å²) in [5.41, 5.74) is 8.32. The number of carbonyl (C=O) groups is 1. The normalized spacial score (nSPS) is 14.5. The minimum absolute atomic E-state index is 0.138. The van der Waals surface area contributed by atoms with Gasteiger partial charge in [0.1, 0.15) is 5.82 Å². The molecule has 4 aromatic rings. The largest absolute Gasteiger partial charge is 0.383 e. The van der Waals surface area contributed by atoms with Gasteiger partial charge in [0.2, 0.25) is 0 Å². The lowest BCUT2D eigenvalue weighted by molar-refractivity contribution is 0.0986. The number of hydrogen-bond donors (Lipinski definition) is 1. The van der Waals surface area contributed by atoms with Gasteiger partial charge in [-0.25, -0.2) is 4.98 Å². The number of nitrogen functional groups attached to an aromatic ring is 1. The van der Waals surface area contributed by atoms with Crippen LogP contribution in [0.2, 0.25) is 5.02 Å². The third-order valence-electron chi connectivity index (χ3n) is 7.16. The van der Waals surface area contributed by atoms with Gasteiger partial charge >= 0.3 is 0 Å². The van der Waals surface area contributed by atoms with Crippen molar-refractivity contribution in [1.82, 2.24) is 14.9 Å². The third-order valence-corrected chi connectivity index (χ3v) is 8.77. The summed E-state index contributed by atoms with van der Waals surface area (Å²) < 4.78 is 0. The van der Waals surface area contributed by atoms with Gasteiger partial charge in [-0.3, -0.25) is 9.78 Å². The summed E-state index contributed by atoms with van der Waals surface area (Å²) in [6.45, 7) is 3.94. The van der Waals surface area contributed by atoms with Gasteiger partial charge in [0.15, 0.2) is 5.78 Å². The molecule has 3 aromatic heterocycles. The number of benzene rings is 1. The van der Waals surface area contributed by atoms with Crippen molar-refractivity contribution < 1.29 is 4.79 Å². The van der Waals surface area contributed by atoms with Crippen molar-refractivity contribution in [2.24, 2.45) is 5.92 Å². The fourth-order valence-electron chi connectivity index (χ4n) is 5.12. The molecule has 0 atom stereocenters. The number of Topliss-reactive ketones (excluding diaryl/α,β-unsaturated/α-hetero) is 1. The molecule has 1 fully saturated rings. The Balaban J connectivity index is 1.12. The van der Waals surface area contributed by atoms with E-state index in [0.29, 0.717) is 29.6 Å². The number of rotatable bonds is 9. The van der Waals surface area contributed by atoms with Crippen LogP contribution in [-0.4, -0.2) is 47.3 Å². The van der Waals surface area contributed by atoms with Gasteiger partial charge in [-0.1, -0.05) is 29.8 Å². The molecule has 5 rings (SSSR count). The number of halogens is 1. The Kier molecular flexibility index (Phi) is 8.03. The SMILES string of the molecule is CN(Cc1sc(C(=O)CCc2ccc3c(N)nccc3c2)cc1Cl)CC1CCN(c2ccncc2)CC1. The molecule has 0 saturated carbocycles. The second-order valence-corrected chi connectivity index (χ2v) is 11.4. The van der Waals surface area contributed by atoms with Crippen molar-refractivity contribution in [2.45, 2.75) is 32.2 Å². The van der Waals surface area contributed by atoms with Crippen LogP contribution >= 0.6 is 22.9 Å². The van der Waals surface area contributed by atoms with Crippen LogP contribution in [0.25, 0.3) is 10.8 Å². The molecule has 0 spiro atoms. The zero-order chi connectivity index (χ0) is 25.8. The van der Waals surface area contributed by atoms with E-state index in [1.165, 1.54) is 29.9 Å². The molecule has 192 valence electrons. The number of pyridine rings is 2. The van der Waals surface area contributed by atoms with Crippen LogP contribution in [0.15, 0.2) is 61.1 Å². The van der Waals surface area contributed by atoms with E-state index in [-0.39, 0.29) is 5.78 Å². The Bertz CT molecular complexity index is 1370. The van der Waals surface area contributed by atoms with E-state index in [0.717, 1.165) is 52.3 Å². The van der Waals surface area contributed by atoms with Crippen LogP contribution in [0, 0.1) is 5.92 Å². The zero-order valence-corrected chi connectivity index (χ0v) is 22.6. The van der Waals surface area contributed by atoms with E-state index in [2.05, 4.69) is 45.0 Å². The minimum Gasteiger partial charge on any atom is -0.383 e. The topological polar surface area (TPSA) is 75.3 Å². The Morgan fingerprint density at radius 2 is 1.92 bits per heavy atom. The van der Waals surface area contributed by atoms with Crippen molar-refractivity contribution in [3.63, 3.8) is 0 Å². The molecule has 1 aromatic carbocycles. The molecule has 37 heavy (non-hydrogen) atoms. The van der Waals surface area contributed by atoms with Crippen LogP contribution in [0.5, 0.6) is 0 Å². The van der Waals surface area contributed by atoms with Crippen LogP contribution in [0.4, 0.5) is 11.5 Å². The van der Waals surface area contributed by atoms with E-state index in [1.807, 2.05) is 36.7 Å². The maximum atomic E-state index is 13.0. The van der Waals surface area contributed by atoms with E-state index >= 15 is 0 Å². The van der Waals surface area contributed by atoms with Gasteiger partial charge in [-0.05, 0) is 67.4 Å². The smallest absolute Gasteiger partial charge is 0.173 e. The molecule has 0 aliphatic carbocycles.